The van der Waals surface area contributed by atoms with Gasteiger partial charge < -0.3 is 15.3 Å². The molecule has 1 fully saturated rings. The van der Waals surface area contributed by atoms with Crippen LogP contribution in [0.1, 0.15) is 31.2 Å². The van der Waals surface area contributed by atoms with E-state index in [9.17, 15) is 14.7 Å². The Morgan fingerprint density at radius 2 is 1.82 bits per heavy atom. The lowest BCUT2D eigenvalue weighted by molar-refractivity contribution is -0.137. The van der Waals surface area contributed by atoms with Crippen LogP contribution in [0.4, 0.5) is 0 Å². The van der Waals surface area contributed by atoms with Crippen LogP contribution in [0.3, 0.4) is 0 Å². The van der Waals surface area contributed by atoms with Crippen molar-refractivity contribution >= 4 is 11.8 Å². The first-order valence-electron chi connectivity index (χ1n) is 7.78. The molecule has 0 spiro atoms. The molecule has 0 saturated carbocycles. The predicted octanol–water partition coefficient (Wildman–Crippen LogP) is 0.504. The third-order valence-corrected chi connectivity index (χ3v) is 3.85. The molecule has 1 aromatic rings. The maximum Gasteiger partial charge on any atom is 0.247 e. The Morgan fingerprint density at radius 1 is 1.18 bits per heavy atom. The number of aliphatic hydroxyl groups is 1. The van der Waals surface area contributed by atoms with Gasteiger partial charge in [0.15, 0.2) is 0 Å². The second-order valence-corrected chi connectivity index (χ2v) is 5.57. The molecule has 0 bridgehead atoms. The van der Waals surface area contributed by atoms with Crippen molar-refractivity contribution in [1.29, 1.82) is 0 Å². The van der Waals surface area contributed by atoms with Gasteiger partial charge in [0.05, 0.1) is 13.0 Å². The van der Waals surface area contributed by atoms with Gasteiger partial charge in [-0.25, -0.2) is 0 Å². The van der Waals surface area contributed by atoms with Gasteiger partial charge in [0.25, 0.3) is 0 Å². The van der Waals surface area contributed by atoms with Crippen molar-refractivity contribution < 1.29 is 14.7 Å². The van der Waals surface area contributed by atoms with Crippen LogP contribution in [0.5, 0.6) is 0 Å². The highest BCUT2D eigenvalue weighted by Gasteiger charge is 2.25. The molecule has 1 aliphatic rings. The summed E-state index contributed by atoms with van der Waals surface area (Å²) in [6.07, 6.45) is 7.63. The van der Waals surface area contributed by atoms with E-state index < -0.39 is 6.04 Å². The third-order valence-electron chi connectivity index (χ3n) is 3.85. The number of aromatic nitrogens is 1. The van der Waals surface area contributed by atoms with E-state index in [1.165, 1.54) is 0 Å². The Hall–Kier alpha value is -1.95. The van der Waals surface area contributed by atoms with Gasteiger partial charge in [-0.1, -0.05) is 12.8 Å². The van der Waals surface area contributed by atoms with Crippen LogP contribution in [0, 0.1) is 0 Å². The molecular weight excluding hydrogens is 282 g/mol. The number of hydrogen-bond donors (Lipinski definition) is 2. The largest absolute Gasteiger partial charge is 0.394 e. The number of carbonyl (C=O) groups is 2. The Balaban J connectivity index is 1.90. The number of nitrogens with zero attached hydrogens (tertiary/aromatic N) is 2. The van der Waals surface area contributed by atoms with Crippen LogP contribution in [0.15, 0.2) is 24.5 Å². The normalized spacial score (nSPS) is 16.7. The highest BCUT2D eigenvalue weighted by atomic mass is 16.3. The molecule has 2 N–H and O–H groups in total. The smallest absolute Gasteiger partial charge is 0.247 e. The van der Waals surface area contributed by atoms with E-state index >= 15 is 0 Å². The van der Waals surface area contributed by atoms with E-state index in [4.69, 9.17) is 0 Å². The number of aliphatic hydroxyl groups excluding tert-OH is 1. The zero-order valence-electron chi connectivity index (χ0n) is 12.7. The quantitative estimate of drug-likeness (QED) is 0.830. The molecular formula is C16H23N3O3. The maximum absolute atomic E-state index is 12.4. The van der Waals surface area contributed by atoms with Gasteiger partial charge in [0.2, 0.25) is 11.8 Å². The van der Waals surface area contributed by atoms with Gasteiger partial charge in [-0.05, 0) is 30.5 Å². The van der Waals surface area contributed by atoms with E-state index in [1.54, 1.807) is 29.4 Å². The molecule has 2 heterocycles. The summed E-state index contributed by atoms with van der Waals surface area (Å²) < 4.78 is 0. The predicted molar refractivity (Wildman–Crippen MR) is 82.0 cm³/mol. The second kappa shape index (κ2) is 8.48. The van der Waals surface area contributed by atoms with Crippen molar-refractivity contribution in [3.05, 3.63) is 30.1 Å². The van der Waals surface area contributed by atoms with Gasteiger partial charge in [0.1, 0.15) is 6.04 Å². The van der Waals surface area contributed by atoms with E-state index in [-0.39, 0.29) is 24.8 Å². The number of nitrogens with one attached hydrogen (secondary N) is 1. The first-order chi connectivity index (χ1) is 10.7. The molecule has 2 amide bonds. The topological polar surface area (TPSA) is 82.5 Å². The average Bonchev–Trinajstić information content (AvgIpc) is 2.82. The van der Waals surface area contributed by atoms with E-state index in [1.807, 2.05) is 0 Å². The summed E-state index contributed by atoms with van der Waals surface area (Å²) in [5.74, 6) is -0.457. The molecule has 6 nitrogen and oxygen atoms in total. The Morgan fingerprint density at radius 3 is 2.41 bits per heavy atom. The highest BCUT2D eigenvalue weighted by Crippen LogP contribution is 2.11. The van der Waals surface area contributed by atoms with Crippen LogP contribution in [0.2, 0.25) is 0 Å². The van der Waals surface area contributed by atoms with Crippen LogP contribution < -0.4 is 5.32 Å². The van der Waals surface area contributed by atoms with Gasteiger partial charge in [0, 0.05) is 25.5 Å². The Kier molecular flexibility index (Phi) is 6.33. The van der Waals surface area contributed by atoms with E-state index in [0.29, 0.717) is 13.1 Å². The number of carbonyl (C=O) groups excluding carboxylic acids is 2. The minimum Gasteiger partial charge on any atom is -0.394 e. The summed E-state index contributed by atoms with van der Waals surface area (Å²) in [5, 5.41) is 12.1. The molecule has 1 unspecified atom stereocenters. The summed E-state index contributed by atoms with van der Waals surface area (Å²) >= 11 is 0. The van der Waals surface area contributed by atoms with Crippen LogP contribution >= 0.6 is 0 Å². The van der Waals surface area contributed by atoms with Gasteiger partial charge >= 0.3 is 0 Å². The SMILES string of the molecule is O=C(Cc1ccncc1)NC(CO)C(=O)N1CCCCCC1. The highest BCUT2D eigenvalue weighted by molar-refractivity contribution is 5.88. The minimum absolute atomic E-state index is 0.173. The Bertz CT molecular complexity index is 485. The monoisotopic (exact) mass is 305 g/mol. The molecule has 0 aliphatic carbocycles. The molecule has 120 valence electrons. The number of hydrogen-bond acceptors (Lipinski definition) is 4. The van der Waals surface area contributed by atoms with Crippen molar-refractivity contribution in [3.8, 4) is 0 Å². The number of rotatable bonds is 5. The molecule has 0 radical (unpaired) electrons. The lowest BCUT2D eigenvalue weighted by atomic mass is 10.1. The number of amides is 2. The molecule has 1 atom stereocenters. The van der Waals surface area contributed by atoms with Crippen molar-refractivity contribution in [2.75, 3.05) is 19.7 Å². The molecule has 1 aliphatic heterocycles. The number of pyridine rings is 1. The number of likely N-dealkylation sites (tertiary alicyclic amines) is 1. The minimum atomic E-state index is -0.854. The summed E-state index contributed by atoms with van der Waals surface area (Å²) in [7, 11) is 0. The third kappa shape index (κ3) is 4.80. The maximum atomic E-state index is 12.4. The standard InChI is InChI=1S/C16H23N3O3/c20-12-14(16(22)19-9-3-1-2-4-10-19)18-15(21)11-13-5-7-17-8-6-13/h5-8,14,20H,1-4,9-12H2,(H,18,21). The first kappa shape index (κ1) is 16.4. The van der Waals surface area contributed by atoms with Gasteiger partial charge in [-0.3, -0.25) is 14.6 Å². The summed E-state index contributed by atoms with van der Waals surface area (Å²) in [6, 6.07) is 2.65. The molecule has 1 saturated heterocycles. The van der Waals surface area contributed by atoms with Crippen LogP contribution in [0.25, 0.3) is 0 Å². The van der Waals surface area contributed by atoms with Crippen LogP contribution in [-0.4, -0.2) is 52.5 Å². The second-order valence-electron chi connectivity index (χ2n) is 5.57. The lowest BCUT2D eigenvalue weighted by Gasteiger charge is -2.25. The fraction of sp³-hybridized carbons (Fsp3) is 0.562. The van der Waals surface area contributed by atoms with Crippen molar-refractivity contribution in [1.82, 2.24) is 15.2 Å². The lowest BCUT2D eigenvalue weighted by Crippen LogP contribution is -2.51. The molecule has 1 aromatic heterocycles. The van der Waals surface area contributed by atoms with Crippen LogP contribution in [-0.2, 0) is 16.0 Å². The summed E-state index contributed by atoms with van der Waals surface area (Å²) in [4.78, 5) is 30.1. The van der Waals surface area contributed by atoms with Crippen molar-refractivity contribution in [2.24, 2.45) is 0 Å². The van der Waals surface area contributed by atoms with Gasteiger partial charge in [-0.2, -0.15) is 0 Å². The van der Waals surface area contributed by atoms with E-state index in [2.05, 4.69) is 10.3 Å². The molecule has 0 aromatic carbocycles. The van der Waals surface area contributed by atoms with E-state index in [0.717, 1.165) is 31.2 Å². The summed E-state index contributed by atoms with van der Waals surface area (Å²) in [6.45, 7) is 1.03. The van der Waals surface area contributed by atoms with Crippen molar-refractivity contribution in [2.45, 2.75) is 38.1 Å². The average molecular weight is 305 g/mol. The Labute approximate surface area is 130 Å². The molecule has 22 heavy (non-hydrogen) atoms. The fourth-order valence-corrected chi connectivity index (χ4v) is 2.63. The first-order valence-corrected chi connectivity index (χ1v) is 7.78. The zero-order valence-corrected chi connectivity index (χ0v) is 12.7. The fourth-order valence-electron chi connectivity index (χ4n) is 2.63. The summed E-state index contributed by atoms with van der Waals surface area (Å²) in [5.41, 5.74) is 0.825. The molecule has 2 rings (SSSR count). The van der Waals surface area contributed by atoms with Crippen molar-refractivity contribution in [3.63, 3.8) is 0 Å². The zero-order chi connectivity index (χ0) is 15.8. The molecule has 6 heteroatoms. The van der Waals surface area contributed by atoms with Gasteiger partial charge in [-0.15, -0.1) is 0 Å².